The number of hydrogen-bond acceptors (Lipinski definition) is 3. The molecule has 2 aromatic rings. The van der Waals surface area contributed by atoms with Gasteiger partial charge in [0.05, 0.1) is 5.56 Å². The Morgan fingerprint density at radius 1 is 1.29 bits per heavy atom. The molecule has 0 saturated carbocycles. The Kier molecular flexibility index (Phi) is 3.29. The highest BCUT2D eigenvalue weighted by molar-refractivity contribution is 5.97. The van der Waals surface area contributed by atoms with E-state index in [1.54, 1.807) is 23.1 Å². The standard InChI is InChI=1S/C17H18N2O2/c1-11-5-6-16(20)14(9-11)17(21)19-8-7-13-12(10-19)3-2-4-15(13)18/h2-6,9,20H,7-8,10,18H2,1H3. The Bertz CT molecular complexity index is 710. The summed E-state index contributed by atoms with van der Waals surface area (Å²) in [5.41, 5.74) is 10.3. The van der Waals surface area contributed by atoms with E-state index < -0.39 is 0 Å². The van der Waals surface area contributed by atoms with Crippen LogP contribution >= 0.6 is 0 Å². The molecule has 0 aliphatic carbocycles. The highest BCUT2D eigenvalue weighted by atomic mass is 16.3. The zero-order chi connectivity index (χ0) is 15.0. The summed E-state index contributed by atoms with van der Waals surface area (Å²) < 4.78 is 0. The van der Waals surface area contributed by atoms with E-state index in [1.807, 2.05) is 25.1 Å². The number of phenols is 1. The van der Waals surface area contributed by atoms with E-state index in [0.29, 0.717) is 18.7 Å². The number of aryl methyl sites for hydroxylation is 1. The number of hydrogen-bond donors (Lipinski definition) is 2. The molecule has 1 heterocycles. The second kappa shape index (κ2) is 5.13. The van der Waals surface area contributed by atoms with Crippen LogP contribution < -0.4 is 5.73 Å². The van der Waals surface area contributed by atoms with Crippen LogP contribution in [0.4, 0.5) is 5.69 Å². The predicted octanol–water partition coefficient (Wildman–Crippen LogP) is 2.48. The molecular formula is C17H18N2O2. The number of anilines is 1. The lowest BCUT2D eigenvalue weighted by Gasteiger charge is -2.30. The molecule has 3 N–H and O–H groups in total. The third-order valence-electron chi connectivity index (χ3n) is 3.97. The van der Waals surface area contributed by atoms with Gasteiger partial charge in [-0.3, -0.25) is 4.79 Å². The van der Waals surface area contributed by atoms with Crippen molar-refractivity contribution in [3.63, 3.8) is 0 Å². The van der Waals surface area contributed by atoms with Crippen LogP contribution in [0.15, 0.2) is 36.4 Å². The minimum absolute atomic E-state index is 0.0315. The predicted molar refractivity (Wildman–Crippen MR) is 82.1 cm³/mol. The Hall–Kier alpha value is -2.49. The first-order valence-corrected chi connectivity index (χ1v) is 7.01. The van der Waals surface area contributed by atoms with Gasteiger partial charge < -0.3 is 15.7 Å². The minimum atomic E-state index is -0.135. The summed E-state index contributed by atoms with van der Waals surface area (Å²) in [4.78, 5) is 14.4. The number of fused-ring (bicyclic) bond motifs is 1. The minimum Gasteiger partial charge on any atom is -0.507 e. The van der Waals surface area contributed by atoms with E-state index in [1.165, 1.54) is 0 Å². The third-order valence-corrected chi connectivity index (χ3v) is 3.97. The summed E-state index contributed by atoms with van der Waals surface area (Å²) >= 11 is 0. The van der Waals surface area contributed by atoms with Crippen molar-refractivity contribution in [3.8, 4) is 5.75 Å². The maximum Gasteiger partial charge on any atom is 0.257 e. The van der Waals surface area contributed by atoms with Crippen LogP contribution in [0.2, 0.25) is 0 Å². The number of nitrogens with zero attached hydrogens (tertiary/aromatic N) is 1. The van der Waals surface area contributed by atoms with Crippen LogP contribution in [0.3, 0.4) is 0 Å². The largest absolute Gasteiger partial charge is 0.507 e. The van der Waals surface area contributed by atoms with Crippen molar-refractivity contribution in [1.29, 1.82) is 0 Å². The number of phenolic OH excluding ortho intramolecular Hbond substituents is 1. The number of carbonyl (C=O) groups is 1. The SMILES string of the molecule is Cc1ccc(O)c(C(=O)N2CCc3c(N)cccc3C2)c1. The van der Waals surface area contributed by atoms with Gasteiger partial charge in [0, 0.05) is 18.8 Å². The lowest BCUT2D eigenvalue weighted by Crippen LogP contribution is -2.36. The van der Waals surface area contributed by atoms with Crippen molar-refractivity contribution >= 4 is 11.6 Å². The number of nitrogen functional groups attached to an aromatic ring is 1. The third kappa shape index (κ3) is 2.44. The number of amides is 1. The summed E-state index contributed by atoms with van der Waals surface area (Å²) in [6, 6.07) is 10.9. The van der Waals surface area contributed by atoms with Gasteiger partial charge >= 0.3 is 0 Å². The van der Waals surface area contributed by atoms with Gasteiger partial charge in [0.25, 0.3) is 5.91 Å². The monoisotopic (exact) mass is 282 g/mol. The summed E-state index contributed by atoms with van der Waals surface area (Å²) in [6.07, 6.45) is 0.750. The van der Waals surface area contributed by atoms with Crippen molar-refractivity contribution in [2.45, 2.75) is 19.9 Å². The Morgan fingerprint density at radius 2 is 2.10 bits per heavy atom. The van der Waals surface area contributed by atoms with Crippen LogP contribution in [0.5, 0.6) is 5.75 Å². The van der Waals surface area contributed by atoms with E-state index in [-0.39, 0.29) is 11.7 Å². The van der Waals surface area contributed by atoms with Crippen LogP contribution in [-0.4, -0.2) is 22.5 Å². The fraction of sp³-hybridized carbons (Fsp3) is 0.235. The van der Waals surface area contributed by atoms with Crippen molar-refractivity contribution < 1.29 is 9.90 Å². The average Bonchev–Trinajstić information content (AvgIpc) is 2.49. The van der Waals surface area contributed by atoms with E-state index in [9.17, 15) is 9.90 Å². The van der Waals surface area contributed by atoms with E-state index in [2.05, 4.69) is 0 Å². The van der Waals surface area contributed by atoms with Crippen LogP contribution in [0.1, 0.15) is 27.0 Å². The molecular weight excluding hydrogens is 264 g/mol. The van der Waals surface area contributed by atoms with Gasteiger partial charge in [-0.1, -0.05) is 23.8 Å². The first-order chi connectivity index (χ1) is 10.1. The molecule has 0 radical (unpaired) electrons. The van der Waals surface area contributed by atoms with Crippen molar-refractivity contribution in [2.75, 3.05) is 12.3 Å². The summed E-state index contributed by atoms with van der Waals surface area (Å²) in [7, 11) is 0. The van der Waals surface area contributed by atoms with Gasteiger partial charge in [0.2, 0.25) is 0 Å². The van der Waals surface area contributed by atoms with Crippen molar-refractivity contribution in [2.24, 2.45) is 0 Å². The van der Waals surface area contributed by atoms with Gasteiger partial charge in [-0.15, -0.1) is 0 Å². The molecule has 0 spiro atoms. The highest BCUT2D eigenvalue weighted by Gasteiger charge is 2.24. The van der Waals surface area contributed by atoms with E-state index in [0.717, 1.165) is 28.8 Å². The molecule has 0 fully saturated rings. The Morgan fingerprint density at radius 3 is 2.90 bits per heavy atom. The Balaban J connectivity index is 1.89. The van der Waals surface area contributed by atoms with Crippen molar-refractivity contribution in [3.05, 3.63) is 58.7 Å². The number of aromatic hydroxyl groups is 1. The number of carbonyl (C=O) groups excluding carboxylic acids is 1. The molecule has 0 bridgehead atoms. The maximum atomic E-state index is 12.6. The molecule has 0 saturated heterocycles. The fourth-order valence-electron chi connectivity index (χ4n) is 2.80. The summed E-state index contributed by atoms with van der Waals surface area (Å²) in [5, 5.41) is 9.91. The molecule has 4 nitrogen and oxygen atoms in total. The number of rotatable bonds is 1. The highest BCUT2D eigenvalue weighted by Crippen LogP contribution is 2.27. The first-order valence-electron chi connectivity index (χ1n) is 7.01. The van der Waals surface area contributed by atoms with Crippen molar-refractivity contribution in [1.82, 2.24) is 4.90 Å². The van der Waals surface area contributed by atoms with Gasteiger partial charge in [0.15, 0.2) is 0 Å². The quantitative estimate of drug-likeness (QED) is 0.790. The molecule has 1 aliphatic rings. The summed E-state index contributed by atoms with van der Waals surface area (Å²) in [6.45, 7) is 3.06. The van der Waals surface area contributed by atoms with Crippen LogP contribution in [0.25, 0.3) is 0 Å². The smallest absolute Gasteiger partial charge is 0.257 e. The van der Waals surface area contributed by atoms with Gasteiger partial charge in [-0.2, -0.15) is 0 Å². The first kappa shape index (κ1) is 13.5. The second-order valence-corrected chi connectivity index (χ2v) is 5.48. The topological polar surface area (TPSA) is 66.6 Å². The molecule has 0 atom stereocenters. The zero-order valence-electron chi connectivity index (χ0n) is 12.0. The summed E-state index contributed by atoms with van der Waals surface area (Å²) in [5.74, 6) is -0.103. The van der Waals surface area contributed by atoms with E-state index >= 15 is 0 Å². The number of benzene rings is 2. The lowest BCUT2D eigenvalue weighted by atomic mass is 9.97. The molecule has 0 unspecified atom stereocenters. The molecule has 21 heavy (non-hydrogen) atoms. The molecule has 1 amide bonds. The Labute approximate surface area is 123 Å². The number of nitrogens with two attached hydrogens (primary N) is 1. The average molecular weight is 282 g/mol. The molecule has 108 valence electrons. The second-order valence-electron chi connectivity index (χ2n) is 5.48. The fourth-order valence-corrected chi connectivity index (χ4v) is 2.80. The maximum absolute atomic E-state index is 12.6. The molecule has 2 aromatic carbocycles. The van der Waals surface area contributed by atoms with Crippen LogP contribution in [-0.2, 0) is 13.0 Å². The van der Waals surface area contributed by atoms with E-state index in [4.69, 9.17) is 5.73 Å². The lowest BCUT2D eigenvalue weighted by molar-refractivity contribution is 0.0731. The molecule has 1 aliphatic heterocycles. The molecule has 4 heteroatoms. The van der Waals surface area contributed by atoms with Crippen LogP contribution in [0, 0.1) is 6.92 Å². The van der Waals surface area contributed by atoms with Gasteiger partial charge in [-0.25, -0.2) is 0 Å². The van der Waals surface area contributed by atoms with Gasteiger partial charge in [0.1, 0.15) is 5.75 Å². The van der Waals surface area contributed by atoms with Gasteiger partial charge in [-0.05, 0) is 42.7 Å². The molecule has 0 aromatic heterocycles. The zero-order valence-corrected chi connectivity index (χ0v) is 12.0. The normalized spacial score (nSPS) is 13.9. The molecule has 3 rings (SSSR count).